The summed E-state index contributed by atoms with van der Waals surface area (Å²) in [5.74, 6) is 0.492. The van der Waals surface area contributed by atoms with Crippen molar-refractivity contribution in [1.82, 2.24) is 14.4 Å². The molecular formula is C22H26N5O4+. The highest BCUT2D eigenvalue weighted by atomic mass is 16.5. The fraction of sp³-hybridized carbons (Fsp3) is 0.409. The minimum absolute atomic E-state index is 0.162. The Morgan fingerprint density at radius 2 is 1.90 bits per heavy atom. The normalized spacial score (nSPS) is 17.7. The molecule has 0 spiro atoms. The number of carbonyl (C=O) groups excluding carboxylic acids is 3. The molecule has 0 radical (unpaired) electrons. The second-order valence-corrected chi connectivity index (χ2v) is 8.14. The second-order valence-electron chi connectivity index (χ2n) is 8.14. The zero-order valence-electron chi connectivity index (χ0n) is 18.3. The standard InChI is InChI=1S/C22H26N5O4/c1-6-31-20(29)15-7-9-16(10-8-15)27-14(4)12-25-17-18(23-21(25)27)24(5)22(30)26(19(17)28)11-13(2)3/h7-10,12-13,17H,6,11H2,1-5H3/q+1. The van der Waals surface area contributed by atoms with Crippen molar-refractivity contribution in [3.8, 4) is 5.69 Å². The van der Waals surface area contributed by atoms with Crippen LogP contribution in [0.3, 0.4) is 0 Å². The van der Waals surface area contributed by atoms with E-state index in [2.05, 4.69) is 4.99 Å². The fourth-order valence-corrected chi connectivity index (χ4v) is 4.00. The lowest BCUT2D eigenvalue weighted by Crippen LogP contribution is -2.63. The number of aliphatic imine (C=N–C) groups is 1. The number of hydrogen-bond acceptors (Lipinski definition) is 5. The third kappa shape index (κ3) is 3.30. The summed E-state index contributed by atoms with van der Waals surface area (Å²) in [6, 6.07) is 5.99. The Hall–Kier alpha value is -3.49. The van der Waals surface area contributed by atoms with Gasteiger partial charge < -0.3 is 4.74 Å². The average molecular weight is 424 g/mol. The number of aryl methyl sites for hydroxylation is 1. The van der Waals surface area contributed by atoms with Gasteiger partial charge in [0.2, 0.25) is 11.9 Å². The van der Waals surface area contributed by atoms with Crippen LogP contribution >= 0.6 is 0 Å². The summed E-state index contributed by atoms with van der Waals surface area (Å²) in [6.07, 6.45) is 1.87. The van der Waals surface area contributed by atoms with Crippen LogP contribution in [0.2, 0.25) is 0 Å². The number of aromatic nitrogens is 2. The van der Waals surface area contributed by atoms with E-state index in [1.54, 1.807) is 26.1 Å². The Kier molecular flexibility index (Phi) is 5.12. The van der Waals surface area contributed by atoms with E-state index < -0.39 is 6.04 Å². The summed E-state index contributed by atoms with van der Waals surface area (Å²) in [5.41, 5.74) is 2.14. The number of hydrogen-bond donors (Lipinski definition) is 0. The Balaban J connectivity index is 1.74. The maximum Gasteiger partial charge on any atom is 0.406 e. The van der Waals surface area contributed by atoms with E-state index in [9.17, 15) is 14.4 Å². The van der Waals surface area contributed by atoms with Crippen molar-refractivity contribution in [2.24, 2.45) is 10.9 Å². The molecule has 1 atom stereocenters. The Labute approximate surface area is 180 Å². The first-order chi connectivity index (χ1) is 14.7. The van der Waals surface area contributed by atoms with Gasteiger partial charge in [-0.2, -0.15) is 4.57 Å². The van der Waals surface area contributed by atoms with Crippen molar-refractivity contribution in [2.45, 2.75) is 33.7 Å². The van der Waals surface area contributed by atoms with Crippen LogP contribution in [0.4, 0.5) is 10.7 Å². The highest BCUT2D eigenvalue weighted by Gasteiger charge is 2.53. The molecule has 9 nitrogen and oxygen atoms in total. The lowest BCUT2D eigenvalue weighted by atomic mass is 10.1. The van der Waals surface area contributed by atoms with E-state index in [-0.39, 0.29) is 23.8 Å². The lowest BCUT2D eigenvalue weighted by Gasteiger charge is -2.33. The molecule has 162 valence electrons. The second kappa shape index (κ2) is 7.64. The molecule has 1 aromatic carbocycles. The number of carbonyl (C=O) groups is 3. The minimum Gasteiger partial charge on any atom is -0.462 e. The maximum absolute atomic E-state index is 13.2. The number of likely N-dealkylation sites (N-methyl/N-ethyl adjacent to an activating group) is 1. The molecule has 1 aromatic heterocycles. The maximum atomic E-state index is 13.2. The largest absolute Gasteiger partial charge is 0.462 e. The van der Waals surface area contributed by atoms with Gasteiger partial charge in [-0.1, -0.05) is 18.8 Å². The van der Waals surface area contributed by atoms with Crippen LogP contribution in [0, 0.1) is 12.8 Å². The molecule has 3 amide bonds. The molecule has 9 heteroatoms. The quantitative estimate of drug-likeness (QED) is 0.545. The molecular weight excluding hydrogens is 398 g/mol. The zero-order chi connectivity index (χ0) is 22.4. The number of rotatable bonds is 5. The number of amidine groups is 1. The Bertz CT molecular complexity index is 1100. The molecule has 2 aliphatic heterocycles. The van der Waals surface area contributed by atoms with E-state index in [0.717, 1.165) is 11.4 Å². The summed E-state index contributed by atoms with van der Waals surface area (Å²) in [4.78, 5) is 45.3. The SMILES string of the molecule is CCOC(=O)c1ccc(-n2c(C)c[n+]3c2N=C2C3C(=O)N(CC(C)C)C(=O)N2C)cc1. The number of fused-ring (bicyclic) bond motifs is 3. The molecule has 1 fully saturated rings. The van der Waals surface area contributed by atoms with E-state index in [0.29, 0.717) is 30.5 Å². The molecule has 3 heterocycles. The van der Waals surface area contributed by atoms with Gasteiger partial charge in [-0.25, -0.2) is 14.2 Å². The number of benzene rings is 1. The summed E-state index contributed by atoms with van der Waals surface area (Å²) in [6.45, 7) is 8.30. The third-order valence-corrected chi connectivity index (χ3v) is 5.39. The van der Waals surface area contributed by atoms with Crippen molar-refractivity contribution >= 4 is 29.7 Å². The Morgan fingerprint density at radius 3 is 2.52 bits per heavy atom. The molecule has 0 aliphatic carbocycles. The van der Waals surface area contributed by atoms with Gasteiger partial charge in [0.15, 0.2) is 0 Å². The average Bonchev–Trinajstić information content (AvgIpc) is 3.24. The zero-order valence-corrected chi connectivity index (χ0v) is 18.3. The molecule has 1 saturated heterocycles. The van der Waals surface area contributed by atoms with Crippen LogP contribution < -0.4 is 4.57 Å². The first-order valence-corrected chi connectivity index (χ1v) is 10.3. The van der Waals surface area contributed by atoms with Crippen LogP contribution in [0.1, 0.15) is 42.9 Å². The van der Waals surface area contributed by atoms with Crippen LogP contribution in [0.25, 0.3) is 5.69 Å². The smallest absolute Gasteiger partial charge is 0.406 e. The van der Waals surface area contributed by atoms with Gasteiger partial charge in [0.25, 0.3) is 5.91 Å². The van der Waals surface area contributed by atoms with Crippen LogP contribution in [0.15, 0.2) is 35.5 Å². The van der Waals surface area contributed by atoms with E-state index in [4.69, 9.17) is 4.74 Å². The predicted molar refractivity (Wildman–Crippen MR) is 112 cm³/mol. The van der Waals surface area contributed by atoms with Crippen molar-refractivity contribution in [2.75, 3.05) is 20.2 Å². The number of amides is 3. The lowest BCUT2D eigenvalue weighted by molar-refractivity contribution is -0.676. The number of imide groups is 1. The van der Waals surface area contributed by atoms with Crippen molar-refractivity contribution in [3.05, 3.63) is 41.7 Å². The first kappa shape index (κ1) is 20.8. The molecule has 0 N–H and O–H groups in total. The van der Waals surface area contributed by atoms with Gasteiger partial charge >= 0.3 is 17.9 Å². The number of esters is 1. The highest BCUT2D eigenvalue weighted by Crippen LogP contribution is 2.31. The monoisotopic (exact) mass is 424 g/mol. The Morgan fingerprint density at radius 1 is 1.23 bits per heavy atom. The topological polar surface area (TPSA) is 88.1 Å². The van der Waals surface area contributed by atoms with Crippen LogP contribution in [-0.2, 0) is 9.53 Å². The first-order valence-electron chi connectivity index (χ1n) is 10.3. The van der Waals surface area contributed by atoms with E-state index >= 15 is 0 Å². The van der Waals surface area contributed by atoms with Crippen LogP contribution in [0.5, 0.6) is 0 Å². The van der Waals surface area contributed by atoms with Gasteiger partial charge in [-0.15, -0.1) is 0 Å². The number of nitrogens with zero attached hydrogens (tertiary/aromatic N) is 5. The van der Waals surface area contributed by atoms with Gasteiger partial charge in [0, 0.05) is 13.6 Å². The minimum atomic E-state index is -0.671. The summed E-state index contributed by atoms with van der Waals surface area (Å²) >= 11 is 0. The summed E-state index contributed by atoms with van der Waals surface area (Å²) < 4.78 is 8.75. The van der Waals surface area contributed by atoms with Gasteiger partial charge in [-0.3, -0.25) is 14.6 Å². The summed E-state index contributed by atoms with van der Waals surface area (Å²) in [7, 11) is 1.64. The van der Waals surface area contributed by atoms with Crippen LogP contribution in [-0.4, -0.2) is 58.3 Å². The molecule has 1 unspecified atom stereocenters. The van der Waals surface area contributed by atoms with Crippen molar-refractivity contribution < 1.29 is 23.7 Å². The third-order valence-electron chi connectivity index (χ3n) is 5.39. The molecule has 4 rings (SSSR count). The fourth-order valence-electron chi connectivity index (χ4n) is 4.00. The number of urea groups is 1. The number of imidazole rings is 1. The molecule has 0 bridgehead atoms. The summed E-state index contributed by atoms with van der Waals surface area (Å²) in [5, 5.41) is 0. The van der Waals surface area contributed by atoms with Gasteiger partial charge in [0.05, 0.1) is 12.2 Å². The molecule has 2 aliphatic rings. The highest BCUT2D eigenvalue weighted by molar-refractivity contribution is 6.19. The molecule has 2 aromatic rings. The van der Waals surface area contributed by atoms with Crippen molar-refractivity contribution in [3.63, 3.8) is 0 Å². The van der Waals surface area contributed by atoms with Crippen molar-refractivity contribution in [1.29, 1.82) is 0 Å². The van der Waals surface area contributed by atoms with Gasteiger partial charge in [0.1, 0.15) is 17.6 Å². The van der Waals surface area contributed by atoms with E-state index in [1.165, 1.54) is 9.80 Å². The molecule has 31 heavy (non-hydrogen) atoms. The predicted octanol–water partition coefficient (Wildman–Crippen LogP) is 2.38. The van der Waals surface area contributed by atoms with Gasteiger partial charge in [-0.05, 0) is 44.0 Å². The number of ether oxygens (including phenoxy) is 1. The van der Waals surface area contributed by atoms with E-state index in [1.807, 2.05) is 48.2 Å². The molecule has 0 saturated carbocycles.